The van der Waals surface area contributed by atoms with Gasteiger partial charge in [0.25, 0.3) is 0 Å². The fourth-order valence-corrected chi connectivity index (χ4v) is 0.948. The summed E-state index contributed by atoms with van der Waals surface area (Å²) < 4.78 is 5.01. The Morgan fingerprint density at radius 2 is 2.27 bits per heavy atom. The van der Waals surface area contributed by atoms with Gasteiger partial charge in [0.1, 0.15) is 0 Å². The van der Waals surface area contributed by atoms with Crippen molar-refractivity contribution in [3.05, 3.63) is 18.1 Å². The van der Waals surface area contributed by atoms with E-state index in [1.54, 1.807) is 7.11 Å². The van der Waals surface area contributed by atoms with Crippen molar-refractivity contribution >= 4 is 11.8 Å². The van der Waals surface area contributed by atoms with E-state index in [1.807, 2.05) is 6.92 Å². The largest absolute Gasteiger partial charge is 0.476 e. The maximum absolute atomic E-state index is 10.8. The first kappa shape index (κ1) is 11.4. The van der Waals surface area contributed by atoms with E-state index in [0.717, 1.165) is 0 Å². The van der Waals surface area contributed by atoms with Gasteiger partial charge in [-0.15, -0.1) is 0 Å². The van der Waals surface area contributed by atoms with Gasteiger partial charge in [-0.05, 0) is 6.92 Å². The van der Waals surface area contributed by atoms with Crippen molar-refractivity contribution in [2.45, 2.75) is 13.0 Å². The molecule has 0 amide bonds. The molecular formula is C9H13N3O3. The average molecular weight is 211 g/mol. The molecule has 1 aromatic rings. The van der Waals surface area contributed by atoms with Crippen LogP contribution in [0, 0.1) is 0 Å². The molecule has 82 valence electrons. The van der Waals surface area contributed by atoms with Crippen molar-refractivity contribution in [3.8, 4) is 0 Å². The minimum Gasteiger partial charge on any atom is -0.476 e. The molecule has 0 saturated carbocycles. The molecule has 0 bridgehead atoms. The standard InChI is InChI=1S/C9H13N3O3/c1-6(15-2)5-12-8-7(9(13)14)10-3-4-11-8/h3-4,6H,5H2,1-2H3,(H,11,12)(H,13,14). The van der Waals surface area contributed by atoms with Crippen molar-refractivity contribution < 1.29 is 14.6 Å². The number of carbonyl (C=O) groups is 1. The number of nitrogens with zero attached hydrogens (tertiary/aromatic N) is 2. The molecule has 1 unspecified atom stereocenters. The number of methoxy groups -OCH3 is 1. The number of anilines is 1. The van der Waals surface area contributed by atoms with Crippen LogP contribution in [-0.2, 0) is 4.74 Å². The highest BCUT2D eigenvalue weighted by molar-refractivity contribution is 5.90. The van der Waals surface area contributed by atoms with Crippen LogP contribution in [0.15, 0.2) is 12.4 Å². The molecule has 1 atom stereocenters. The Bertz CT molecular complexity index is 343. The van der Waals surface area contributed by atoms with E-state index >= 15 is 0 Å². The molecule has 1 aromatic heterocycles. The highest BCUT2D eigenvalue weighted by Gasteiger charge is 2.12. The summed E-state index contributed by atoms with van der Waals surface area (Å²) in [6.45, 7) is 2.35. The smallest absolute Gasteiger partial charge is 0.358 e. The number of hydrogen-bond acceptors (Lipinski definition) is 5. The molecule has 0 aliphatic rings. The second-order valence-corrected chi connectivity index (χ2v) is 2.99. The number of aromatic carboxylic acids is 1. The highest BCUT2D eigenvalue weighted by atomic mass is 16.5. The second kappa shape index (κ2) is 5.26. The van der Waals surface area contributed by atoms with Crippen LogP contribution < -0.4 is 5.32 Å². The van der Waals surface area contributed by atoms with Gasteiger partial charge < -0.3 is 15.2 Å². The third-order valence-corrected chi connectivity index (χ3v) is 1.86. The zero-order valence-corrected chi connectivity index (χ0v) is 8.60. The molecule has 6 nitrogen and oxygen atoms in total. The summed E-state index contributed by atoms with van der Waals surface area (Å²) in [4.78, 5) is 18.4. The van der Waals surface area contributed by atoms with Gasteiger partial charge >= 0.3 is 5.97 Å². The molecule has 15 heavy (non-hydrogen) atoms. The summed E-state index contributed by atoms with van der Waals surface area (Å²) in [6.07, 6.45) is 2.76. The Hall–Kier alpha value is -1.69. The number of aromatic nitrogens is 2. The Morgan fingerprint density at radius 1 is 1.60 bits per heavy atom. The summed E-state index contributed by atoms with van der Waals surface area (Å²) >= 11 is 0. The average Bonchev–Trinajstić information content (AvgIpc) is 2.26. The first-order valence-corrected chi connectivity index (χ1v) is 4.46. The minimum atomic E-state index is -1.10. The van der Waals surface area contributed by atoms with Crippen LogP contribution in [0.25, 0.3) is 0 Å². The van der Waals surface area contributed by atoms with Gasteiger partial charge in [-0.3, -0.25) is 0 Å². The Labute approximate surface area is 87.3 Å². The van der Waals surface area contributed by atoms with Crippen LogP contribution in [0.4, 0.5) is 5.82 Å². The van der Waals surface area contributed by atoms with Crippen molar-refractivity contribution in [1.82, 2.24) is 9.97 Å². The monoisotopic (exact) mass is 211 g/mol. The van der Waals surface area contributed by atoms with Crippen molar-refractivity contribution in [2.75, 3.05) is 19.0 Å². The molecule has 0 fully saturated rings. The molecule has 0 aliphatic carbocycles. The minimum absolute atomic E-state index is 0.0198. The molecule has 0 aromatic carbocycles. The summed E-state index contributed by atoms with van der Waals surface area (Å²) in [5.41, 5.74) is -0.0826. The third kappa shape index (κ3) is 3.17. The molecule has 0 aliphatic heterocycles. The van der Waals surface area contributed by atoms with E-state index < -0.39 is 5.97 Å². The molecule has 0 saturated heterocycles. The molecule has 2 N–H and O–H groups in total. The van der Waals surface area contributed by atoms with E-state index in [1.165, 1.54) is 12.4 Å². The van der Waals surface area contributed by atoms with E-state index in [4.69, 9.17) is 9.84 Å². The van der Waals surface area contributed by atoms with Crippen LogP contribution >= 0.6 is 0 Å². The molecule has 6 heteroatoms. The number of nitrogens with one attached hydrogen (secondary N) is 1. The lowest BCUT2D eigenvalue weighted by Crippen LogP contribution is -2.20. The molecule has 0 radical (unpaired) electrons. The van der Waals surface area contributed by atoms with E-state index in [0.29, 0.717) is 6.54 Å². The molecule has 0 spiro atoms. The van der Waals surface area contributed by atoms with Crippen molar-refractivity contribution in [1.29, 1.82) is 0 Å². The van der Waals surface area contributed by atoms with Gasteiger partial charge in [0, 0.05) is 26.0 Å². The van der Waals surface area contributed by atoms with Crippen molar-refractivity contribution in [2.24, 2.45) is 0 Å². The SMILES string of the molecule is COC(C)CNc1nccnc1C(=O)O. The van der Waals surface area contributed by atoms with Crippen LogP contribution in [0.5, 0.6) is 0 Å². The lowest BCUT2D eigenvalue weighted by Gasteiger charge is -2.11. The molecular weight excluding hydrogens is 198 g/mol. The number of hydrogen-bond donors (Lipinski definition) is 2. The van der Waals surface area contributed by atoms with Crippen LogP contribution in [0.3, 0.4) is 0 Å². The van der Waals surface area contributed by atoms with E-state index in [9.17, 15) is 4.79 Å². The predicted octanol–water partition coefficient (Wildman–Crippen LogP) is 0.622. The topological polar surface area (TPSA) is 84.3 Å². The quantitative estimate of drug-likeness (QED) is 0.742. The molecule has 1 heterocycles. The fraction of sp³-hybridized carbons (Fsp3) is 0.444. The van der Waals surface area contributed by atoms with Gasteiger partial charge in [0.05, 0.1) is 6.10 Å². The lowest BCUT2D eigenvalue weighted by atomic mass is 10.3. The van der Waals surface area contributed by atoms with Crippen LogP contribution in [0.2, 0.25) is 0 Å². The number of carboxylic acids is 1. The number of rotatable bonds is 5. The first-order chi connectivity index (χ1) is 7.15. The lowest BCUT2D eigenvalue weighted by molar-refractivity contribution is 0.0691. The third-order valence-electron chi connectivity index (χ3n) is 1.86. The van der Waals surface area contributed by atoms with Gasteiger partial charge in [-0.1, -0.05) is 0 Å². The van der Waals surface area contributed by atoms with Gasteiger partial charge in [-0.25, -0.2) is 14.8 Å². The van der Waals surface area contributed by atoms with E-state index in [2.05, 4.69) is 15.3 Å². The summed E-state index contributed by atoms with van der Waals surface area (Å²) in [7, 11) is 1.58. The van der Waals surface area contributed by atoms with Gasteiger partial charge in [0.15, 0.2) is 11.5 Å². The fourth-order valence-electron chi connectivity index (χ4n) is 0.948. The normalized spacial score (nSPS) is 12.1. The van der Waals surface area contributed by atoms with E-state index in [-0.39, 0.29) is 17.6 Å². The van der Waals surface area contributed by atoms with Gasteiger partial charge in [-0.2, -0.15) is 0 Å². The van der Waals surface area contributed by atoms with Crippen molar-refractivity contribution in [3.63, 3.8) is 0 Å². The zero-order chi connectivity index (χ0) is 11.3. The summed E-state index contributed by atoms with van der Waals surface area (Å²) in [5.74, 6) is -0.843. The zero-order valence-electron chi connectivity index (χ0n) is 8.60. The Kier molecular flexibility index (Phi) is 3.99. The Balaban J connectivity index is 2.72. The first-order valence-electron chi connectivity index (χ1n) is 4.46. The Morgan fingerprint density at radius 3 is 2.87 bits per heavy atom. The van der Waals surface area contributed by atoms with Gasteiger partial charge in [0.2, 0.25) is 0 Å². The number of ether oxygens (including phenoxy) is 1. The predicted molar refractivity (Wildman–Crippen MR) is 54.0 cm³/mol. The maximum atomic E-state index is 10.8. The molecule has 1 rings (SSSR count). The summed E-state index contributed by atoms with van der Waals surface area (Å²) in [5, 5.41) is 11.7. The maximum Gasteiger partial charge on any atom is 0.358 e. The number of carboxylic acid groups (broad SMARTS) is 1. The van der Waals surface area contributed by atoms with Crippen LogP contribution in [0.1, 0.15) is 17.4 Å². The highest BCUT2D eigenvalue weighted by Crippen LogP contribution is 2.07. The second-order valence-electron chi connectivity index (χ2n) is 2.99. The van der Waals surface area contributed by atoms with Crippen LogP contribution in [-0.4, -0.2) is 40.8 Å². The summed E-state index contributed by atoms with van der Waals surface area (Å²) in [6, 6.07) is 0.